The molecule has 0 saturated carbocycles. The number of hydrogen-bond acceptors (Lipinski definition) is 2. The Hall–Kier alpha value is -1.09. The van der Waals surface area contributed by atoms with Crippen molar-refractivity contribution < 1.29 is 4.39 Å². The van der Waals surface area contributed by atoms with Crippen molar-refractivity contribution in [1.29, 1.82) is 0 Å². The fourth-order valence-corrected chi connectivity index (χ4v) is 2.81. The van der Waals surface area contributed by atoms with Gasteiger partial charge >= 0.3 is 0 Å². The van der Waals surface area contributed by atoms with E-state index in [9.17, 15) is 4.39 Å². The zero-order valence-electron chi connectivity index (χ0n) is 10.6. The van der Waals surface area contributed by atoms with E-state index in [-0.39, 0.29) is 5.82 Å². The van der Waals surface area contributed by atoms with E-state index in [1.165, 1.54) is 12.5 Å². The zero-order chi connectivity index (χ0) is 12.4. The number of halogens is 1. The van der Waals surface area contributed by atoms with Crippen LogP contribution in [0.1, 0.15) is 25.8 Å². The van der Waals surface area contributed by atoms with Crippen molar-refractivity contribution >= 4 is 5.69 Å². The maximum atomic E-state index is 13.5. The summed E-state index contributed by atoms with van der Waals surface area (Å²) in [6.07, 6.45) is 1.26. The molecule has 94 valence electrons. The number of anilines is 1. The smallest absolute Gasteiger partial charge is 0.125 e. The monoisotopic (exact) mass is 236 g/mol. The molecule has 1 saturated heterocycles. The van der Waals surface area contributed by atoms with Gasteiger partial charge in [0.1, 0.15) is 5.82 Å². The number of benzene rings is 1. The SMILES string of the molecule is CC1CC(C)CN(c2cc(F)cc(CN)c2)C1. The van der Waals surface area contributed by atoms with Gasteiger partial charge in [-0.2, -0.15) is 0 Å². The van der Waals surface area contributed by atoms with Crippen LogP contribution in [0, 0.1) is 17.7 Å². The average molecular weight is 236 g/mol. The molecule has 1 fully saturated rings. The van der Waals surface area contributed by atoms with E-state index in [1.54, 1.807) is 6.07 Å². The summed E-state index contributed by atoms with van der Waals surface area (Å²) in [7, 11) is 0. The van der Waals surface area contributed by atoms with Gasteiger partial charge in [0.25, 0.3) is 0 Å². The normalized spacial score (nSPS) is 25.1. The second-order valence-electron chi connectivity index (χ2n) is 5.37. The minimum Gasteiger partial charge on any atom is -0.371 e. The number of nitrogens with two attached hydrogens (primary N) is 1. The summed E-state index contributed by atoms with van der Waals surface area (Å²) in [5, 5.41) is 0. The predicted molar refractivity (Wildman–Crippen MR) is 69.4 cm³/mol. The van der Waals surface area contributed by atoms with Crippen LogP contribution in [0.4, 0.5) is 10.1 Å². The van der Waals surface area contributed by atoms with Crippen molar-refractivity contribution in [2.45, 2.75) is 26.8 Å². The first-order chi connectivity index (χ1) is 8.08. The van der Waals surface area contributed by atoms with Crippen molar-refractivity contribution in [1.82, 2.24) is 0 Å². The fourth-order valence-electron chi connectivity index (χ4n) is 2.81. The molecule has 17 heavy (non-hydrogen) atoms. The van der Waals surface area contributed by atoms with E-state index < -0.39 is 0 Å². The number of rotatable bonds is 2. The lowest BCUT2D eigenvalue weighted by molar-refractivity contribution is 0.356. The highest BCUT2D eigenvalue weighted by Gasteiger charge is 2.22. The average Bonchev–Trinajstić information content (AvgIpc) is 2.26. The molecule has 1 aliphatic heterocycles. The molecule has 0 aliphatic carbocycles. The van der Waals surface area contributed by atoms with Crippen molar-refractivity contribution in [2.75, 3.05) is 18.0 Å². The summed E-state index contributed by atoms with van der Waals surface area (Å²) in [5.41, 5.74) is 7.43. The third-order valence-electron chi connectivity index (χ3n) is 3.41. The summed E-state index contributed by atoms with van der Waals surface area (Å²) < 4.78 is 13.5. The lowest BCUT2D eigenvalue weighted by atomic mass is 9.91. The lowest BCUT2D eigenvalue weighted by Crippen LogP contribution is -2.38. The Morgan fingerprint density at radius 2 is 1.88 bits per heavy atom. The molecule has 2 N–H and O–H groups in total. The van der Waals surface area contributed by atoms with Crippen molar-refractivity contribution in [3.8, 4) is 0 Å². The van der Waals surface area contributed by atoms with Crippen LogP contribution in [-0.4, -0.2) is 13.1 Å². The van der Waals surface area contributed by atoms with Crippen LogP contribution in [0.2, 0.25) is 0 Å². The van der Waals surface area contributed by atoms with Gasteiger partial charge in [0.05, 0.1) is 0 Å². The molecular weight excluding hydrogens is 215 g/mol. The number of hydrogen-bond donors (Lipinski definition) is 1. The largest absolute Gasteiger partial charge is 0.371 e. The maximum absolute atomic E-state index is 13.5. The Labute approximate surface area is 103 Å². The second-order valence-corrected chi connectivity index (χ2v) is 5.37. The first-order valence-electron chi connectivity index (χ1n) is 6.33. The Morgan fingerprint density at radius 3 is 2.47 bits per heavy atom. The van der Waals surface area contributed by atoms with Crippen molar-refractivity contribution in [3.05, 3.63) is 29.6 Å². The van der Waals surface area contributed by atoms with Gasteiger partial charge < -0.3 is 10.6 Å². The summed E-state index contributed by atoms with van der Waals surface area (Å²) in [5.74, 6) is 1.15. The minimum atomic E-state index is -0.186. The summed E-state index contributed by atoms with van der Waals surface area (Å²) in [6.45, 7) is 6.93. The molecule has 2 nitrogen and oxygen atoms in total. The summed E-state index contributed by atoms with van der Waals surface area (Å²) in [4.78, 5) is 2.28. The second kappa shape index (κ2) is 5.05. The van der Waals surface area contributed by atoms with E-state index in [2.05, 4.69) is 18.7 Å². The lowest BCUT2D eigenvalue weighted by Gasteiger charge is -2.36. The molecule has 1 aliphatic rings. The maximum Gasteiger partial charge on any atom is 0.125 e. The number of piperidine rings is 1. The van der Waals surface area contributed by atoms with E-state index >= 15 is 0 Å². The van der Waals surface area contributed by atoms with Gasteiger partial charge in [-0.1, -0.05) is 13.8 Å². The van der Waals surface area contributed by atoms with Crippen LogP contribution in [0.15, 0.2) is 18.2 Å². The van der Waals surface area contributed by atoms with E-state index in [4.69, 9.17) is 5.73 Å². The van der Waals surface area contributed by atoms with E-state index in [0.29, 0.717) is 18.4 Å². The van der Waals surface area contributed by atoms with Crippen LogP contribution in [-0.2, 0) is 6.54 Å². The van der Waals surface area contributed by atoms with E-state index in [0.717, 1.165) is 24.3 Å². The highest BCUT2D eigenvalue weighted by atomic mass is 19.1. The molecule has 3 heteroatoms. The van der Waals surface area contributed by atoms with Gasteiger partial charge in [-0.25, -0.2) is 4.39 Å². The molecule has 2 atom stereocenters. The summed E-state index contributed by atoms with van der Waals surface area (Å²) in [6, 6.07) is 5.14. The van der Waals surface area contributed by atoms with Gasteiger partial charge in [-0.15, -0.1) is 0 Å². The molecule has 1 aromatic rings. The molecule has 0 spiro atoms. The van der Waals surface area contributed by atoms with Crippen LogP contribution < -0.4 is 10.6 Å². The van der Waals surface area contributed by atoms with Crippen molar-refractivity contribution in [3.63, 3.8) is 0 Å². The first kappa shape index (κ1) is 12.4. The van der Waals surface area contributed by atoms with Gasteiger partial charge in [0, 0.05) is 25.3 Å². The first-order valence-corrected chi connectivity index (χ1v) is 6.33. The fraction of sp³-hybridized carbons (Fsp3) is 0.571. The predicted octanol–water partition coefficient (Wildman–Crippen LogP) is 2.77. The quantitative estimate of drug-likeness (QED) is 0.855. The summed E-state index contributed by atoms with van der Waals surface area (Å²) >= 11 is 0. The highest BCUT2D eigenvalue weighted by molar-refractivity contribution is 5.49. The third kappa shape index (κ3) is 2.97. The Morgan fingerprint density at radius 1 is 1.24 bits per heavy atom. The topological polar surface area (TPSA) is 29.3 Å². The Kier molecular flexibility index (Phi) is 3.67. The minimum absolute atomic E-state index is 0.186. The van der Waals surface area contributed by atoms with Crippen LogP contribution in [0.5, 0.6) is 0 Å². The molecule has 2 unspecified atom stereocenters. The highest BCUT2D eigenvalue weighted by Crippen LogP contribution is 2.27. The van der Waals surface area contributed by atoms with Crippen LogP contribution in [0.25, 0.3) is 0 Å². The van der Waals surface area contributed by atoms with E-state index in [1.807, 2.05) is 6.07 Å². The molecule has 1 heterocycles. The van der Waals surface area contributed by atoms with Crippen LogP contribution in [0.3, 0.4) is 0 Å². The Bertz CT molecular complexity index is 382. The van der Waals surface area contributed by atoms with Crippen molar-refractivity contribution in [2.24, 2.45) is 17.6 Å². The molecule has 0 bridgehead atoms. The molecule has 0 aromatic heterocycles. The van der Waals surface area contributed by atoms with Gasteiger partial charge in [0.15, 0.2) is 0 Å². The molecule has 1 aromatic carbocycles. The van der Waals surface area contributed by atoms with Gasteiger partial charge in [0.2, 0.25) is 0 Å². The zero-order valence-corrected chi connectivity index (χ0v) is 10.6. The molecule has 0 amide bonds. The molecule has 0 radical (unpaired) electrons. The third-order valence-corrected chi connectivity index (χ3v) is 3.41. The van der Waals surface area contributed by atoms with Gasteiger partial charge in [-0.05, 0) is 42.0 Å². The number of nitrogens with zero attached hydrogens (tertiary/aromatic N) is 1. The molecular formula is C14H21FN2. The molecule has 2 rings (SSSR count). The van der Waals surface area contributed by atoms with Gasteiger partial charge in [-0.3, -0.25) is 0 Å². The Balaban J connectivity index is 2.23. The van der Waals surface area contributed by atoms with Crippen LogP contribution >= 0.6 is 0 Å². The standard InChI is InChI=1S/C14H21FN2/c1-10-3-11(2)9-17(8-10)14-5-12(7-16)4-13(15)6-14/h4-6,10-11H,3,7-9,16H2,1-2H3.